The van der Waals surface area contributed by atoms with Gasteiger partial charge in [0.1, 0.15) is 17.1 Å². The van der Waals surface area contributed by atoms with Crippen LogP contribution >= 0.6 is 24.0 Å². The molecule has 126 valence electrons. The van der Waals surface area contributed by atoms with Crippen LogP contribution in [0.25, 0.3) is 6.08 Å². The van der Waals surface area contributed by atoms with E-state index in [4.69, 9.17) is 17.3 Å². The van der Waals surface area contributed by atoms with Gasteiger partial charge >= 0.3 is 5.97 Å². The van der Waals surface area contributed by atoms with Gasteiger partial charge < -0.3 is 15.3 Å². The number of carboxylic acids is 1. The summed E-state index contributed by atoms with van der Waals surface area (Å²) >= 11 is 6.31. The molecular weight excluding hydrogens is 362 g/mol. The van der Waals surface area contributed by atoms with Crippen LogP contribution in [0.15, 0.2) is 47.4 Å². The van der Waals surface area contributed by atoms with Crippen LogP contribution in [0.3, 0.4) is 0 Å². The molecule has 0 aliphatic carbocycles. The van der Waals surface area contributed by atoms with Crippen molar-refractivity contribution in [2.24, 2.45) is 0 Å². The summed E-state index contributed by atoms with van der Waals surface area (Å²) in [5.41, 5.74) is 0.665. The Morgan fingerprint density at radius 3 is 2.56 bits per heavy atom. The Hall–Kier alpha value is -2.84. The van der Waals surface area contributed by atoms with Crippen LogP contribution in [0.4, 0.5) is 5.69 Å². The number of phenolic OH excluding ortho intramolecular Hbond substituents is 1. The highest BCUT2D eigenvalue weighted by Gasteiger charge is 2.33. The molecule has 0 atom stereocenters. The zero-order valence-electron chi connectivity index (χ0n) is 12.5. The van der Waals surface area contributed by atoms with E-state index in [1.54, 1.807) is 18.2 Å². The summed E-state index contributed by atoms with van der Waals surface area (Å²) in [6.45, 7) is 0. The van der Waals surface area contributed by atoms with Gasteiger partial charge in [-0.3, -0.25) is 9.69 Å². The second kappa shape index (κ2) is 6.58. The molecule has 3 rings (SSSR count). The molecule has 0 unspecified atom stereocenters. The summed E-state index contributed by atoms with van der Waals surface area (Å²) in [7, 11) is 0. The second-order valence-corrected chi connectivity index (χ2v) is 6.79. The molecule has 1 aliphatic heterocycles. The lowest BCUT2D eigenvalue weighted by molar-refractivity contribution is -0.113. The molecule has 2 aromatic rings. The number of carbonyl (C=O) groups excluding carboxylic acids is 1. The number of carboxylic acid groups (broad SMARTS) is 1. The molecular formula is C17H11NO5S2. The van der Waals surface area contributed by atoms with E-state index in [-0.39, 0.29) is 27.2 Å². The van der Waals surface area contributed by atoms with Crippen LogP contribution in [0.2, 0.25) is 0 Å². The number of carbonyl (C=O) groups is 2. The van der Waals surface area contributed by atoms with Crippen LogP contribution in [-0.2, 0) is 4.79 Å². The van der Waals surface area contributed by atoms with E-state index in [1.807, 2.05) is 0 Å². The molecule has 0 aromatic heterocycles. The Morgan fingerprint density at radius 2 is 1.92 bits per heavy atom. The number of thioether (sulfide) groups is 1. The minimum atomic E-state index is -1.27. The number of nitrogens with zero attached hydrogens (tertiary/aromatic N) is 1. The summed E-state index contributed by atoms with van der Waals surface area (Å²) < 4.78 is 0.263. The van der Waals surface area contributed by atoms with Crippen LogP contribution in [-0.4, -0.2) is 31.5 Å². The normalized spacial score (nSPS) is 15.8. The molecule has 1 heterocycles. The number of hydrogen-bond acceptors (Lipinski definition) is 6. The van der Waals surface area contributed by atoms with E-state index in [1.165, 1.54) is 35.2 Å². The van der Waals surface area contributed by atoms with Crippen molar-refractivity contribution in [2.45, 2.75) is 0 Å². The van der Waals surface area contributed by atoms with E-state index in [0.29, 0.717) is 10.5 Å². The summed E-state index contributed by atoms with van der Waals surface area (Å²) in [4.78, 5) is 25.2. The molecule has 3 N–H and O–H groups in total. The summed E-state index contributed by atoms with van der Waals surface area (Å²) in [6.07, 6.45) is 1.60. The fraction of sp³-hybridized carbons (Fsp3) is 0. The van der Waals surface area contributed by atoms with Gasteiger partial charge in [0.2, 0.25) is 0 Å². The van der Waals surface area contributed by atoms with Gasteiger partial charge in [0.15, 0.2) is 4.32 Å². The number of aromatic carboxylic acids is 1. The van der Waals surface area contributed by atoms with Gasteiger partial charge in [-0.1, -0.05) is 36.1 Å². The fourth-order valence-electron chi connectivity index (χ4n) is 2.30. The Balaban J connectivity index is 1.94. The molecule has 0 radical (unpaired) electrons. The first-order chi connectivity index (χ1) is 11.9. The molecule has 0 saturated carbocycles. The van der Waals surface area contributed by atoms with Crippen LogP contribution < -0.4 is 4.90 Å². The highest BCUT2D eigenvalue weighted by molar-refractivity contribution is 8.27. The quantitative estimate of drug-likeness (QED) is 0.561. The highest BCUT2D eigenvalue weighted by atomic mass is 32.2. The van der Waals surface area contributed by atoms with Crippen LogP contribution in [0, 0.1) is 0 Å². The average Bonchev–Trinajstić information content (AvgIpc) is 2.81. The van der Waals surface area contributed by atoms with Gasteiger partial charge in [-0.25, -0.2) is 4.79 Å². The highest BCUT2D eigenvalue weighted by Crippen LogP contribution is 2.37. The van der Waals surface area contributed by atoms with E-state index in [0.717, 1.165) is 11.8 Å². The number of anilines is 1. The summed E-state index contributed by atoms with van der Waals surface area (Å²) in [5, 5.41) is 28.3. The van der Waals surface area contributed by atoms with Crippen molar-refractivity contribution in [2.75, 3.05) is 4.90 Å². The standard InChI is InChI=1S/C17H11NO5S2/c19-11-3-1-2-9(6-11)7-14-15(21)18(17(24)25-14)10-4-5-12(16(22)23)13(20)8-10/h1-8,19-20H,(H,22,23). The molecule has 0 spiro atoms. The van der Waals surface area contributed by atoms with Crippen molar-refractivity contribution in [3.63, 3.8) is 0 Å². The van der Waals surface area contributed by atoms with Crippen molar-refractivity contribution in [3.05, 3.63) is 58.5 Å². The van der Waals surface area contributed by atoms with Gasteiger partial charge in [-0.15, -0.1) is 0 Å². The van der Waals surface area contributed by atoms with E-state index in [9.17, 15) is 19.8 Å². The second-order valence-electron chi connectivity index (χ2n) is 5.12. The maximum Gasteiger partial charge on any atom is 0.339 e. The molecule has 1 amide bonds. The van der Waals surface area contributed by atoms with Crippen LogP contribution in [0.5, 0.6) is 11.5 Å². The van der Waals surface area contributed by atoms with Crippen molar-refractivity contribution in [1.82, 2.24) is 0 Å². The molecule has 0 bridgehead atoms. The number of thiocarbonyl (C=S) groups is 1. The van der Waals surface area contributed by atoms with Gasteiger partial charge in [-0.05, 0) is 35.9 Å². The van der Waals surface area contributed by atoms with E-state index >= 15 is 0 Å². The number of amides is 1. The third kappa shape index (κ3) is 3.35. The Labute approximate surface area is 152 Å². The lowest BCUT2D eigenvalue weighted by atomic mass is 10.1. The third-order valence-electron chi connectivity index (χ3n) is 3.43. The summed E-state index contributed by atoms with van der Waals surface area (Å²) in [5.74, 6) is -2.02. The first-order valence-electron chi connectivity index (χ1n) is 7.00. The smallest absolute Gasteiger partial charge is 0.339 e. The zero-order valence-corrected chi connectivity index (χ0v) is 14.2. The average molecular weight is 373 g/mol. The van der Waals surface area contributed by atoms with Gasteiger partial charge in [0.25, 0.3) is 5.91 Å². The van der Waals surface area contributed by atoms with Gasteiger partial charge in [0.05, 0.1) is 10.6 Å². The molecule has 2 aromatic carbocycles. The maximum absolute atomic E-state index is 12.6. The zero-order chi connectivity index (χ0) is 18.1. The van der Waals surface area contributed by atoms with Crippen LogP contribution in [0.1, 0.15) is 15.9 Å². The monoisotopic (exact) mass is 373 g/mol. The summed E-state index contributed by atoms with van der Waals surface area (Å²) in [6, 6.07) is 10.2. The molecule has 25 heavy (non-hydrogen) atoms. The Morgan fingerprint density at radius 1 is 1.16 bits per heavy atom. The van der Waals surface area contributed by atoms with Crippen molar-refractivity contribution < 1.29 is 24.9 Å². The first kappa shape index (κ1) is 17.0. The molecule has 1 saturated heterocycles. The lowest BCUT2D eigenvalue weighted by Crippen LogP contribution is -2.27. The van der Waals surface area contributed by atoms with E-state index in [2.05, 4.69) is 0 Å². The lowest BCUT2D eigenvalue weighted by Gasteiger charge is -2.15. The molecule has 8 heteroatoms. The molecule has 6 nitrogen and oxygen atoms in total. The number of hydrogen-bond donors (Lipinski definition) is 3. The fourth-order valence-corrected chi connectivity index (χ4v) is 3.60. The maximum atomic E-state index is 12.6. The molecule has 1 aliphatic rings. The molecule has 1 fully saturated rings. The Bertz CT molecular complexity index is 938. The largest absolute Gasteiger partial charge is 0.508 e. The predicted octanol–water partition coefficient (Wildman–Crippen LogP) is 3.20. The van der Waals surface area contributed by atoms with E-state index < -0.39 is 11.7 Å². The number of benzene rings is 2. The van der Waals surface area contributed by atoms with Crippen molar-refractivity contribution >= 4 is 51.9 Å². The first-order valence-corrected chi connectivity index (χ1v) is 8.22. The minimum absolute atomic E-state index is 0.0819. The van der Waals surface area contributed by atoms with Crippen molar-refractivity contribution in [3.8, 4) is 11.5 Å². The SMILES string of the molecule is O=C(O)c1ccc(N2C(=O)C(=Cc3cccc(O)c3)SC2=S)cc1O. The van der Waals surface area contributed by atoms with Gasteiger partial charge in [0, 0.05) is 6.07 Å². The minimum Gasteiger partial charge on any atom is -0.508 e. The number of phenols is 2. The topological polar surface area (TPSA) is 98.1 Å². The van der Waals surface area contributed by atoms with Crippen molar-refractivity contribution in [1.29, 1.82) is 0 Å². The Kier molecular flexibility index (Phi) is 4.47. The van der Waals surface area contributed by atoms with Gasteiger partial charge in [-0.2, -0.15) is 0 Å². The number of rotatable bonds is 3. The number of aromatic hydroxyl groups is 2. The third-order valence-corrected chi connectivity index (χ3v) is 4.73. The predicted molar refractivity (Wildman–Crippen MR) is 98.8 cm³/mol.